The van der Waals surface area contributed by atoms with Crippen LogP contribution in [-0.2, 0) is 38.4 Å². The summed E-state index contributed by atoms with van der Waals surface area (Å²) in [6.07, 6.45) is -0.500. The number of nitrogens with two attached hydrogens (primary N) is 3. The van der Waals surface area contributed by atoms with E-state index in [4.69, 9.17) is 17.2 Å². The van der Waals surface area contributed by atoms with Crippen molar-refractivity contribution in [1.82, 2.24) is 53.2 Å². The van der Waals surface area contributed by atoms with Gasteiger partial charge in [-0.2, -0.15) is 0 Å². The maximum atomic E-state index is 14.3. The Hall–Kier alpha value is -4.48. The van der Waals surface area contributed by atoms with E-state index in [1.165, 1.54) is 6.92 Å². The highest BCUT2D eigenvalue weighted by Crippen LogP contribution is 2.43. The average molecular weight is 880 g/mol. The first-order valence-corrected chi connectivity index (χ1v) is 21.9. The number of nitrogens with one attached hydrogen (secondary N) is 10. The molecule has 2 heterocycles. The van der Waals surface area contributed by atoms with Gasteiger partial charge in [-0.3, -0.25) is 38.4 Å². The number of aliphatic hydroxyl groups excluding tert-OH is 1. The van der Waals surface area contributed by atoms with Crippen molar-refractivity contribution in [3.8, 4) is 0 Å². The van der Waals surface area contributed by atoms with Crippen LogP contribution in [0.15, 0.2) is 0 Å². The summed E-state index contributed by atoms with van der Waals surface area (Å²) in [6, 6.07) is -7.74. The van der Waals surface area contributed by atoms with Gasteiger partial charge in [0.05, 0.1) is 6.10 Å². The van der Waals surface area contributed by atoms with E-state index in [1.54, 1.807) is 7.05 Å². The molecule has 2 saturated heterocycles. The lowest BCUT2D eigenvalue weighted by Crippen LogP contribution is -2.65. The molecule has 17 N–H and O–H groups in total. The van der Waals surface area contributed by atoms with Gasteiger partial charge in [0.1, 0.15) is 47.3 Å². The van der Waals surface area contributed by atoms with E-state index in [0.717, 1.165) is 0 Å². The molecule has 9 atom stereocenters. The second-order valence-corrected chi connectivity index (χ2v) is 17.6. The second-order valence-electron chi connectivity index (χ2n) is 17.6. The Balaban J connectivity index is 2.10. The third-order valence-corrected chi connectivity index (χ3v) is 11.8. The molecular weight excluding hydrogens is 807 g/mol. The molecular formula is C40H73N13O9. The van der Waals surface area contributed by atoms with Gasteiger partial charge >= 0.3 is 0 Å². The molecule has 22 heteroatoms. The Labute approximate surface area is 364 Å². The van der Waals surface area contributed by atoms with Gasteiger partial charge in [0.25, 0.3) is 0 Å². The number of aliphatic hydroxyl groups is 1. The van der Waals surface area contributed by atoms with Crippen LogP contribution in [0.25, 0.3) is 0 Å². The van der Waals surface area contributed by atoms with E-state index in [2.05, 4.69) is 53.2 Å². The molecule has 3 aliphatic rings. The third-order valence-electron chi connectivity index (χ3n) is 11.8. The van der Waals surface area contributed by atoms with Gasteiger partial charge in [-0.25, -0.2) is 0 Å². The van der Waals surface area contributed by atoms with Crippen molar-refractivity contribution >= 4 is 47.3 Å². The number of amides is 8. The van der Waals surface area contributed by atoms with Gasteiger partial charge in [-0.05, 0) is 110 Å². The fourth-order valence-corrected chi connectivity index (χ4v) is 7.91. The lowest BCUT2D eigenvalue weighted by Gasteiger charge is -2.37. The smallest absolute Gasteiger partial charge is 0.246 e. The van der Waals surface area contributed by atoms with E-state index in [0.29, 0.717) is 25.9 Å². The summed E-state index contributed by atoms with van der Waals surface area (Å²) >= 11 is 0. The number of rotatable bonds is 13. The summed E-state index contributed by atoms with van der Waals surface area (Å²) in [5, 5.41) is 38.4. The Morgan fingerprint density at radius 1 is 0.710 bits per heavy atom. The Bertz CT molecular complexity index is 1590. The first kappa shape index (κ1) is 51.9. The van der Waals surface area contributed by atoms with Crippen molar-refractivity contribution in [3.05, 3.63) is 0 Å². The summed E-state index contributed by atoms with van der Waals surface area (Å²) in [4.78, 5) is 111. The molecule has 8 amide bonds. The molecule has 352 valence electrons. The fourth-order valence-electron chi connectivity index (χ4n) is 7.91. The molecule has 0 bridgehead atoms. The molecule has 62 heavy (non-hydrogen) atoms. The predicted molar refractivity (Wildman–Crippen MR) is 229 cm³/mol. The maximum absolute atomic E-state index is 14.3. The SMILES string of the molecule is CNC1(C(=O)N[C@H]2CCNC(=O)[C@H]([C@@H](C)O)NC(=O)[C@H](CCN)NC(=O)[C@H](CCN)NC(=O)[C@H](CC(C)C)NC(=O)[C@@H](CC(C)C)NC(=O)C3(CC3CN)NC2=O)CCNCC1. The summed E-state index contributed by atoms with van der Waals surface area (Å²) in [5.74, 6) is -6.53. The van der Waals surface area contributed by atoms with Crippen molar-refractivity contribution in [2.45, 2.75) is 139 Å². The van der Waals surface area contributed by atoms with E-state index >= 15 is 0 Å². The standard InChI is InChI=1S/C40H73N13O9/c1-21(2)17-28-33(57)48-25(7-12-41)31(55)47-26(8-13-42)32(56)52-30(23(5)54)36(60)46-14-9-27(50-37(61)39(44-6)10-15-45-16-11-39)35(59)53-40(19-24(40)20-43)38(62)51-29(18-22(3)4)34(58)49-28/h21-30,44-45,54H,7-20,41-43H2,1-6H3,(H,46,60)(H,47,55)(H,48,57)(H,49,58)(H,50,61)(H,51,62)(H,52,56)(H,53,59)/t23-,24?,25+,26+,27+,28+,29-,30+,40?/m1/s1. The van der Waals surface area contributed by atoms with Crippen molar-refractivity contribution in [2.24, 2.45) is 35.0 Å². The second kappa shape index (κ2) is 23.8. The van der Waals surface area contributed by atoms with Crippen molar-refractivity contribution < 1.29 is 43.5 Å². The predicted octanol–water partition coefficient (Wildman–Crippen LogP) is -5.24. The van der Waals surface area contributed by atoms with Crippen LogP contribution in [-0.4, -0.2) is 152 Å². The topological polar surface area (TPSA) is 355 Å². The number of carbonyl (C=O) groups excluding carboxylic acids is 8. The molecule has 3 rings (SSSR count). The minimum absolute atomic E-state index is 0.00443. The molecule has 2 unspecified atom stereocenters. The minimum Gasteiger partial charge on any atom is -0.391 e. The number of hydrogen-bond donors (Lipinski definition) is 14. The lowest BCUT2D eigenvalue weighted by atomic mass is 9.87. The van der Waals surface area contributed by atoms with Crippen LogP contribution in [0.2, 0.25) is 0 Å². The van der Waals surface area contributed by atoms with Crippen molar-refractivity contribution in [3.63, 3.8) is 0 Å². The molecule has 1 spiro atoms. The van der Waals surface area contributed by atoms with Crippen LogP contribution in [0.3, 0.4) is 0 Å². The third kappa shape index (κ3) is 14.0. The van der Waals surface area contributed by atoms with Gasteiger partial charge in [-0.1, -0.05) is 27.7 Å². The van der Waals surface area contributed by atoms with Crippen LogP contribution in [0.4, 0.5) is 0 Å². The number of hydrogen-bond acceptors (Lipinski definition) is 14. The first-order valence-electron chi connectivity index (χ1n) is 21.9. The molecule has 22 nitrogen and oxygen atoms in total. The molecule has 0 radical (unpaired) electrons. The van der Waals surface area contributed by atoms with Gasteiger partial charge in [0, 0.05) is 12.5 Å². The van der Waals surface area contributed by atoms with Crippen LogP contribution >= 0.6 is 0 Å². The van der Waals surface area contributed by atoms with E-state index in [1.807, 2.05) is 27.7 Å². The average Bonchev–Trinajstić information content (AvgIpc) is 3.94. The summed E-state index contributed by atoms with van der Waals surface area (Å²) in [7, 11) is 1.65. The van der Waals surface area contributed by atoms with E-state index in [9.17, 15) is 43.5 Å². The van der Waals surface area contributed by atoms with E-state index in [-0.39, 0.29) is 76.5 Å². The molecule has 3 fully saturated rings. The summed E-state index contributed by atoms with van der Waals surface area (Å²) < 4.78 is 0. The highest BCUT2D eigenvalue weighted by molar-refractivity contribution is 6.01. The zero-order valence-corrected chi connectivity index (χ0v) is 37.1. The van der Waals surface area contributed by atoms with Crippen LogP contribution in [0, 0.1) is 17.8 Å². The van der Waals surface area contributed by atoms with Crippen LogP contribution in [0.5, 0.6) is 0 Å². The highest BCUT2D eigenvalue weighted by Gasteiger charge is 2.61. The summed E-state index contributed by atoms with van der Waals surface area (Å²) in [5.41, 5.74) is 15.1. The normalized spacial score (nSPS) is 30.3. The van der Waals surface area contributed by atoms with Crippen molar-refractivity contribution in [2.75, 3.05) is 46.3 Å². The minimum atomic E-state index is -1.56. The zero-order valence-electron chi connectivity index (χ0n) is 37.1. The molecule has 0 aromatic rings. The summed E-state index contributed by atoms with van der Waals surface area (Å²) in [6.45, 7) is 9.39. The molecule has 2 aliphatic heterocycles. The van der Waals surface area contributed by atoms with Gasteiger partial charge < -0.3 is 75.5 Å². The molecule has 1 aliphatic carbocycles. The van der Waals surface area contributed by atoms with Crippen LogP contribution in [0.1, 0.15) is 86.0 Å². The largest absolute Gasteiger partial charge is 0.391 e. The quantitative estimate of drug-likeness (QED) is 0.0823. The van der Waals surface area contributed by atoms with Gasteiger partial charge in [0.15, 0.2) is 0 Å². The Morgan fingerprint density at radius 2 is 1.21 bits per heavy atom. The monoisotopic (exact) mass is 880 g/mol. The molecule has 0 aromatic heterocycles. The lowest BCUT2D eigenvalue weighted by molar-refractivity contribution is -0.137. The number of carbonyl (C=O) groups is 8. The zero-order chi connectivity index (χ0) is 46.4. The number of piperidine rings is 1. The first-order chi connectivity index (χ1) is 29.3. The maximum Gasteiger partial charge on any atom is 0.246 e. The Kier molecular flexibility index (Phi) is 19.9. The molecule has 0 aromatic carbocycles. The van der Waals surface area contributed by atoms with Gasteiger partial charge in [-0.15, -0.1) is 0 Å². The Morgan fingerprint density at radius 3 is 1.68 bits per heavy atom. The van der Waals surface area contributed by atoms with Gasteiger partial charge in [0.2, 0.25) is 47.3 Å². The fraction of sp³-hybridized carbons (Fsp3) is 0.800. The molecule has 1 saturated carbocycles. The van der Waals surface area contributed by atoms with Crippen molar-refractivity contribution in [1.29, 1.82) is 0 Å². The van der Waals surface area contributed by atoms with E-state index < -0.39 is 107 Å². The highest BCUT2D eigenvalue weighted by atomic mass is 16.3. The number of likely N-dealkylation sites (N-methyl/N-ethyl adjacent to an activating group) is 1. The van der Waals surface area contributed by atoms with Crippen LogP contribution < -0.4 is 70.4 Å².